The van der Waals surface area contributed by atoms with Gasteiger partial charge >= 0.3 is 5.97 Å². The Balaban J connectivity index is 3.10. The van der Waals surface area contributed by atoms with E-state index < -0.39 is 5.97 Å². The van der Waals surface area contributed by atoms with Gasteiger partial charge in [0.15, 0.2) is 0 Å². The standard InChI is InChI=1S/C8H6ClIO2/c9-4-6-2-1-5(8(11)12)3-7(6)10/h1-3H,4H2,(H,11,12). The number of carbonyl (C=O) groups is 1. The molecule has 0 bridgehead atoms. The smallest absolute Gasteiger partial charge is 0.335 e. The van der Waals surface area contributed by atoms with Crippen molar-refractivity contribution in [1.82, 2.24) is 0 Å². The molecule has 0 saturated heterocycles. The summed E-state index contributed by atoms with van der Waals surface area (Å²) in [6.45, 7) is 0. The maximum absolute atomic E-state index is 10.5. The molecule has 0 saturated carbocycles. The normalized spacial score (nSPS) is 9.83. The zero-order chi connectivity index (χ0) is 9.14. The number of hydrogen-bond donors (Lipinski definition) is 1. The summed E-state index contributed by atoms with van der Waals surface area (Å²) < 4.78 is 0.891. The Hall–Kier alpha value is -0.290. The molecule has 0 aliphatic heterocycles. The van der Waals surface area contributed by atoms with Gasteiger partial charge in [0, 0.05) is 9.45 Å². The van der Waals surface area contributed by atoms with Crippen molar-refractivity contribution >= 4 is 40.2 Å². The third-order valence-electron chi connectivity index (χ3n) is 1.44. The van der Waals surface area contributed by atoms with Gasteiger partial charge in [0.1, 0.15) is 0 Å². The second-order valence-electron chi connectivity index (χ2n) is 2.24. The third kappa shape index (κ3) is 2.10. The van der Waals surface area contributed by atoms with Crippen molar-refractivity contribution in [3.8, 4) is 0 Å². The largest absolute Gasteiger partial charge is 0.478 e. The summed E-state index contributed by atoms with van der Waals surface area (Å²) in [5.41, 5.74) is 1.26. The van der Waals surface area contributed by atoms with E-state index in [1.807, 2.05) is 0 Å². The first-order chi connectivity index (χ1) is 5.65. The predicted molar refractivity (Wildman–Crippen MR) is 55.7 cm³/mol. The first kappa shape index (κ1) is 9.80. The number of carboxylic acids is 1. The lowest BCUT2D eigenvalue weighted by molar-refractivity contribution is 0.0697. The predicted octanol–water partition coefficient (Wildman–Crippen LogP) is 2.73. The molecule has 1 rings (SSSR count). The second-order valence-corrected chi connectivity index (χ2v) is 3.67. The van der Waals surface area contributed by atoms with Crippen LogP contribution >= 0.6 is 34.2 Å². The maximum atomic E-state index is 10.5. The van der Waals surface area contributed by atoms with Crippen LogP contribution in [0.15, 0.2) is 18.2 Å². The number of alkyl halides is 1. The van der Waals surface area contributed by atoms with Gasteiger partial charge in [-0.25, -0.2) is 4.79 Å². The van der Waals surface area contributed by atoms with Crippen LogP contribution in [0.4, 0.5) is 0 Å². The fourth-order valence-corrected chi connectivity index (χ4v) is 1.95. The average molecular weight is 296 g/mol. The summed E-state index contributed by atoms with van der Waals surface area (Å²) in [6, 6.07) is 4.90. The van der Waals surface area contributed by atoms with Crippen molar-refractivity contribution in [2.45, 2.75) is 5.88 Å². The molecule has 0 aliphatic carbocycles. The average Bonchev–Trinajstić information content (AvgIpc) is 2.04. The molecule has 0 atom stereocenters. The first-order valence-corrected chi connectivity index (χ1v) is 4.84. The molecule has 1 N–H and O–H groups in total. The molecular weight excluding hydrogens is 290 g/mol. The molecule has 0 radical (unpaired) electrons. The fraction of sp³-hybridized carbons (Fsp3) is 0.125. The van der Waals surface area contributed by atoms with Crippen molar-refractivity contribution in [3.63, 3.8) is 0 Å². The van der Waals surface area contributed by atoms with Gasteiger partial charge in [-0.15, -0.1) is 11.6 Å². The highest BCUT2D eigenvalue weighted by Crippen LogP contribution is 2.16. The van der Waals surface area contributed by atoms with Gasteiger partial charge in [-0.3, -0.25) is 0 Å². The van der Waals surface area contributed by atoms with Crippen LogP contribution in [0.2, 0.25) is 0 Å². The summed E-state index contributed by atoms with van der Waals surface area (Å²) in [5, 5.41) is 8.64. The number of rotatable bonds is 2. The van der Waals surface area contributed by atoms with Crippen LogP contribution in [0.1, 0.15) is 15.9 Å². The van der Waals surface area contributed by atoms with E-state index in [1.54, 1.807) is 18.2 Å². The van der Waals surface area contributed by atoms with Gasteiger partial charge in [0.2, 0.25) is 0 Å². The zero-order valence-electron chi connectivity index (χ0n) is 6.05. The Kier molecular flexibility index (Phi) is 3.34. The highest BCUT2D eigenvalue weighted by atomic mass is 127. The first-order valence-electron chi connectivity index (χ1n) is 3.23. The molecule has 0 unspecified atom stereocenters. The summed E-state index contributed by atoms with van der Waals surface area (Å²) in [4.78, 5) is 10.5. The highest BCUT2D eigenvalue weighted by molar-refractivity contribution is 14.1. The minimum Gasteiger partial charge on any atom is -0.478 e. The third-order valence-corrected chi connectivity index (χ3v) is 2.74. The molecule has 0 amide bonds. The lowest BCUT2D eigenvalue weighted by Gasteiger charge is -2.00. The highest BCUT2D eigenvalue weighted by Gasteiger charge is 2.05. The summed E-state index contributed by atoms with van der Waals surface area (Å²) in [7, 11) is 0. The number of halogens is 2. The van der Waals surface area contributed by atoms with Gasteiger partial charge in [-0.05, 0) is 40.3 Å². The Labute approximate surface area is 88.7 Å². The van der Waals surface area contributed by atoms with E-state index in [0.717, 1.165) is 9.13 Å². The van der Waals surface area contributed by atoms with E-state index >= 15 is 0 Å². The second kappa shape index (κ2) is 4.09. The van der Waals surface area contributed by atoms with Gasteiger partial charge in [0.25, 0.3) is 0 Å². The van der Waals surface area contributed by atoms with Crippen molar-refractivity contribution in [2.24, 2.45) is 0 Å². The quantitative estimate of drug-likeness (QED) is 0.673. The van der Waals surface area contributed by atoms with Crippen molar-refractivity contribution in [1.29, 1.82) is 0 Å². The summed E-state index contributed by atoms with van der Waals surface area (Å²) in [6.07, 6.45) is 0. The van der Waals surface area contributed by atoms with Crippen LogP contribution in [0.25, 0.3) is 0 Å². The molecule has 0 fully saturated rings. The lowest BCUT2D eigenvalue weighted by Crippen LogP contribution is -1.97. The van der Waals surface area contributed by atoms with E-state index in [4.69, 9.17) is 16.7 Å². The number of aromatic carboxylic acids is 1. The Bertz CT molecular complexity index is 312. The Morgan fingerprint density at radius 1 is 1.58 bits per heavy atom. The molecule has 0 aliphatic rings. The van der Waals surface area contributed by atoms with Crippen molar-refractivity contribution in [3.05, 3.63) is 32.9 Å². The van der Waals surface area contributed by atoms with Crippen LogP contribution in [0.5, 0.6) is 0 Å². The maximum Gasteiger partial charge on any atom is 0.335 e. The van der Waals surface area contributed by atoms with Crippen molar-refractivity contribution in [2.75, 3.05) is 0 Å². The Morgan fingerprint density at radius 3 is 2.67 bits per heavy atom. The van der Waals surface area contributed by atoms with E-state index in [2.05, 4.69) is 22.6 Å². The van der Waals surface area contributed by atoms with Crippen LogP contribution in [-0.4, -0.2) is 11.1 Å². The van der Waals surface area contributed by atoms with Gasteiger partial charge < -0.3 is 5.11 Å². The van der Waals surface area contributed by atoms with E-state index in [0.29, 0.717) is 11.4 Å². The molecule has 1 aromatic rings. The molecular formula is C8H6ClIO2. The Morgan fingerprint density at radius 2 is 2.25 bits per heavy atom. The van der Waals surface area contributed by atoms with Crippen molar-refractivity contribution < 1.29 is 9.90 Å². The molecule has 0 aromatic heterocycles. The number of benzene rings is 1. The van der Waals surface area contributed by atoms with E-state index in [-0.39, 0.29) is 0 Å². The molecule has 0 heterocycles. The zero-order valence-corrected chi connectivity index (χ0v) is 8.96. The van der Waals surface area contributed by atoms with E-state index in [1.165, 1.54) is 0 Å². The minimum atomic E-state index is -0.908. The lowest BCUT2D eigenvalue weighted by atomic mass is 10.1. The fourth-order valence-electron chi connectivity index (χ4n) is 0.789. The summed E-state index contributed by atoms with van der Waals surface area (Å²) >= 11 is 7.68. The molecule has 64 valence electrons. The van der Waals surface area contributed by atoms with E-state index in [9.17, 15) is 4.79 Å². The molecule has 1 aromatic carbocycles. The minimum absolute atomic E-state index is 0.299. The molecule has 2 nitrogen and oxygen atoms in total. The van der Waals surface area contributed by atoms with Crippen LogP contribution in [0, 0.1) is 3.57 Å². The monoisotopic (exact) mass is 296 g/mol. The molecule has 12 heavy (non-hydrogen) atoms. The van der Waals surface area contributed by atoms with Crippen LogP contribution in [0.3, 0.4) is 0 Å². The number of carboxylic acid groups (broad SMARTS) is 1. The van der Waals surface area contributed by atoms with Gasteiger partial charge in [-0.1, -0.05) is 6.07 Å². The number of hydrogen-bond acceptors (Lipinski definition) is 1. The van der Waals surface area contributed by atoms with Crippen LogP contribution < -0.4 is 0 Å². The van der Waals surface area contributed by atoms with Gasteiger partial charge in [-0.2, -0.15) is 0 Å². The molecule has 4 heteroatoms. The van der Waals surface area contributed by atoms with Crippen LogP contribution in [-0.2, 0) is 5.88 Å². The molecule has 0 spiro atoms. The topological polar surface area (TPSA) is 37.3 Å². The SMILES string of the molecule is O=C(O)c1ccc(CCl)c(I)c1. The summed E-state index contributed by atoms with van der Waals surface area (Å²) in [5.74, 6) is -0.493. The van der Waals surface area contributed by atoms with Gasteiger partial charge in [0.05, 0.1) is 5.56 Å².